The van der Waals surface area contributed by atoms with E-state index in [-0.39, 0.29) is 9.41 Å². The van der Waals surface area contributed by atoms with E-state index in [2.05, 4.69) is 6.58 Å². The van der Waals surface area contributed by atoms with Crippen LogP contribution in [0.4, 0.5) is 8.78 Å². The largest absolute Gasteiger partial charge is 1.00 e. The first-order valence-corrected chi connectivity index (χ1v) is 0.732. The Kier molecular flexibility index (Phi) is 26.4. The quantitative estimate of drug-likeness (QED) is 0.270. The van der Waals surface area contributed by atoms with Crippen LogP contribution in [0.25, 0.3) is 0 Å². The molecule has 0 nitrogen and oxygen atoms in total. The molecule has 0 amide bonds. The highest BCUT2D eigenvalue weighted by Crippen LogP contribution is 1.85. The molecule has 0 heterocycles. The van der Waals surface area contributed by atoms with Crippen LogP contribution >= 0.6 is 0 Å². The predicted octanol–water partition coefficient (Wildman–Crippen LogP) is -4.60. The van der Waals surface area contributed by atoms with Crippen LogP contribution in [0.2, 0.25) is 0 Å². The van der Waals surface area contributed by atoms with Crippen molar-refractivity contribution in [1.29, 1.82) is 0 Å². The van der Waals surface area contributed by atoms with Crippen LogP contribution in [0, 0.1) is 0 Å². The molecule has 0 rings (SSSR count). The molecule has 0 fully saturated rings. The summed E-state index contributed by atoms with van der Waals surface area (Å²) in [6, 6.07) is 0. The monoisotopic (exact) mass is 102 g/mol. The summed E-state index contributed by atoms with van der Waals surface area (Å²) >= 11 is 0. The minimum atomic E-state index is -1.83. The van der Waals surface area contributed by atoms with Crippen molar-refractivity contribution in [2.24, 2.45) is 0 Å². The van der Waals surface area contributed by atoms with Gasteiger partial charge < -0.3 is 9.41 Å². The molecule has 0 bridgehead atoms. The normalized spacial score (nSPS) is 4.33. The Labute approximate surface area is 32.2 Å². The molecule has 0 saturated carbocycles. The third-order valence-electron chi connectivity index (χ3n) is 0. The molecule has 0 N–H and O–H groups in total. The van der Waals surface area contributed by atoms with Gasteiger partial charge in [0.2, 0.25) is 0 Å². The first-order valence-electron chi connectivity index (χ1n) is 0.732. The van der Waals surface area contributed by atoms with Crippen LogP contribution in [0.1, 0.15) is 0 Å². The van der Waals surface area contributed by atoms with Gasteiger partial charge in [-0.15, -0.1) is 0 Å². The second-order valence-corrected chi connectivity index (χ2v) is 0.339. The lowest BCUT2D eigenvalue weighted by atomic mass is 11.2. The lowest BCUT2D eigenvalue weighted by Gasteiger charge is -1.54. The zero-order valence-corrected chi connectivity index (χ0v) is 2.72. The smallest absolute Gasteiger partial charge is 0.263 e. The van der Waals surface area contributed by atoms with Crippen molar-refractivity contribution in [1.82, 2.24) is 0 Å². The van der Waals surface area contributed by atoms with Gasteiger partial charge in [-0.3, -0.25) is 0 Å². The first-order chi connectivity index (χ1) is 1.73. The molecule has 40 valence electrons. The molecule has 0 atom stereocenters. The Morgan fingerprint density at radius 2 is 1.17 bits per heavy atom. The Morgan fingerprint density at radius 3 is 1.17 bits per heavy atom. The summed E-state index contributed by atoms with van der Waals surface area (Å²) in [5, 5.41) is 0. The summed E-state index contributed by atoms with van der Waals surface area (Å²) in [7, 11) is 0. The van der Waals surface area contributed by atoms with Gasteiger partial charge in [0.15, 0.2) is 0 Å². The standard InChI is InChI=1S/C2H2F2.2FH/c1-2(3)4;;/h1H2;2*1H/p-2. The summed E-state index contributed by atoms with van der Waals surface area (Å²) in [6.07, 6.45) is -1.83. The van der Waals surface area contributed by atoms with Crippen molar-refractivity contribution in [3.05, 3.63) is 12.7 Å². The van der Waals surface area contributed by atoms with Crippen LogP contribution in [0.15, 0.2) is 12.7 Å². The molecular formula is C2H2F4-2. The Morgan fingerprint density at radius 1 is 1.17 bits per heavy atom. The van der Waals surface area contributed by atoms with Gasteiger partial charge in [0.05, 0.1) is 0 Å². The van der Waals surface area contributed by atoms with Crippen molar-refractivity contribution >= 4 is 0 Å². The highest BCUT2D eigenvalue weighted by molar-refractivity contribution is 4.57. The fourth-order valence-corrected chi connectivity index (χ4v) is 0. The van der Waals surface area contributed by atoms with E-state index in [1.165, 1.54) is 0 Å². The van der Waals surface area contributed by atoms with Crippen molar-refractivity contribution in [2.75, 3.05) is 0 Å². The van der Waals surface area contributed by atoms with Gasteiger partial charge in [-0.25, -0.2) is 0 Å². The number of hydrogen-bond donors (Lipinski definition) is 0. The summed E-state index contributed by atoms with van der Waals surface area (Å²) in [5.41, 5.74) is 0. The number of halogens is 4. The summed E-state index contributed by atoms with van der Waals surface area (Å²) in [6.45, 7) is 2.22. The van der Waals surface area contributed by atoms with Gasteiger partial charge in [-0.05, 0) is 6.58 Å². The van der Waals surface area contributed by atoms with E-state index in [1.807, 2.05) is 0 Å². The van der Waals surface area contributed by atoms with Crippen LogP contribution in [0.3, 0.4) is 0 Å². The summed E-state index contributed by atoms with van der Waals surface area (Å²) < 4.78 is 20.3. The molecule has 0 aliphatic carbocycles. The van der Waals surface area contributed by atoms with Crippen LogP contribution in [0.5, 0.6) is 0 Å². The zero-order chi connectivity index (χ0) is 3.58. The van der Waals surface area contributed by atoms with Crippen LogP contribution < -0.4 is 9.41 Å². The first kappa shape index (κ1) is 17.9. The molecule has 0 saturated heterocycles. The van der Waals surface area contributed by atoms with E-state index in [0.717, 1.165) is 0 Å². The fourth-order valence-electron chi connectivity index (χ4n) is 0. The van der Waals surface area contributed by atoms with E-state index >= 15 is 0 Å². The van der Waals surface area contributed by atoms with E-state index in [1.54, 1.807) is 0 Å². The number of rotatable bonds is 0. The van der Waals surface area contributed by atoms with Gasteiger partial charge in [0, 0.05) is 0 Å². The van der Waals surface area contributed by atoms with Gasteiger partial charge in [-0.1, -0.05) is 0 Å². The molecule has 0 aromatic carbocycles. The molecule has 0 radical (unpaired) electrons. The van der Waals surface area contributed by atoms with Crippen LogP contribution in [-0.2, 0) is 0 Å². The molecule has 0 aliphatic rings. The molecule has 0 spiro atoms. The maximum Gasteiger partial charge on any atom is 0.263 e. The number of hydrogen-bond acceptors (Lipinski definition) is 0. The van der Waals surface area contributed by atoms with Gasteiger partial charge in [-0.2, -0.15) is 8.78 Å². The fraction of sp³-hybridized carbons (Fsp3) is 0. The molecule has 4 heteroatoms. The topological polar surface area (TPSA) is 0 Å². The Hall–Kier alpha value is -0.540. The van der Waals surface area contributed by atoms with Gasteiger partial charge >= 0.3 is 0 Å². The minimum Gasteiger partial charge on any atom is -1.00 e. The average Bonchev–Trinajstić information content (AvgIpc) is 0.811. The van der Waals surface area contributed by atoms with E-state index < -0.39 is 6.08 Å². The van der Waals surface area contributed by atoms with Crippen molar-refractivity contribution in [3.8, 4) is 0 Å². The molecule has 0 aromatic heterocycles. The van der Waals surface area contributed by atoms with Crippen molar-refractivity contribution < 1.29 is 18.2 Å². The second-order valence-electron chi connectivity index (χ2n) is 0.339. The average molecular weight is 102 g/mol. The molecule has 0 unspecified atom stereocenters. The summed E-state index contributed by atoms with van der Waals surface area (Å²) in [4.78, 5) is 0. The third-order valence-corrected chi connectivity index (χ3v) is 0. The van der Waals surface area contributed by atoms with E-state index in [0.29, 0.717) is 0 Å². The Balaban J connectivity index is -0.0000000450. The van der Waals surface area contributed by atoms with E-state index in [9.17, 15) is 8.78 Å². The lowest BCUT2D eigenvalue weighted by Crippen LogP contribution is -3.00. The zero-order valence-electron chi connectivity index (χ0n) is 2.72. The van der Waals surface area contributed by atoms with E-state index in [4.69, 9.17) is 0 Å². The summed E-state index contributed by atoms with van der Waals surface area (Å²) in [5.74, 6) is 0. The molecular weight excluding hydrogens is 100 g/mol. The SMILES string of the molecule is C=C(F)F.[F-].[F-]. The maximum atomic E-state index is 10.1. The van der Waals surface area contributed by atoms with Crippen LogP contribution in [-0.4, -0.2) is 0 Å². The van der Waals surface area contributed by atoms with Gasteiger partial charge in [0.1, 0.15) is 0 Å². The second kappa shape index (κ2) is 8.82. The van der Waals surface area contributed by atoms with Crippen molar-refractivity contribution in [3.63, 3.8) is 0 Å². The minimum absolute atomic E-state index is 0. The lowest BCUT2D eigenvalue weighted by molar-refractivity contribution is -0.001000. The highest BCUT2D eigenvalue weighted by Gasteiger charge is 1.65. The molecule has 6 heavy (non-hydrogen) atoms. The maximum absolute atomic E-state index is 10.1. The molecule has 0 aromatic rings. The molecule has 0 aliphatic heterocycles. The van der Waals surface area contributed by atoms with Crippen molar-refractivity contribution in [2.45, 2.75) is 0 Å². The Bertz CT molecular complexity index is 28.5. The van der Waals surface area contributed by atoms with Gasteiger partial charge in [0.25, 0.3) is 6.08 Å². The predicted molar refractivity (Wildman–Crippen MR) is 11.4 cm³/mol. The third kappa shape index (κ3) is 71.8. The highest BCUT2D eigenvalue weighted by atomic mass is 19.3.